The van der Waals surface area contributed by atoms with E-state index in [4.69, 9.17) is 0 Å². The molecule has 0 spiro atoms. The van der Waals surface area contributed by atoms with E-state index < -0.39 is 9.84 Å². The van der Waals surface area contributed by atoms with Crippen molar-refractivity contribution in [3.05, 3.63) is 0 Å². The van der Waals surface area contributed by atoms with Crippen molar-refractivity contribution in [2.24, 2.45) is 0 Å². The molecule has 0 radical (unpaired) electrons. The lowest BCUT2D eigenvalue weighted by molar-refractivity contribution is 0.587. The lowest BCUT2D eigenvalue weighted by Crippen LogP contribution is -2.23. The van der Waals surface area contributed by atoms with Gasteiger partial charge < -0.3 is 0 Å². The van der Waals surface area contributed by atoms with Crippen LogP contribution in [0.5, 0.6) is 0 Å². The summed E-state index contributed by atoms with van der Waals surface area (Å²) in [5.74, 6) is 0. The minimum absolute atomic E-state index is 0.132. The molecule has 60 valence electrons. The molecule has 0 saturated heterocycles. The summed E-state index contributed by atoms with van der Waals surface area (Å²) in [4.78, 5) is 0.197. The molecule has 0 heterocycles. The van der Waals surface area contributed by atoms with Crippen molar-refractivity contribution in [2.45, 2.75) is 29.3 Å². The Balaban J connectivity index is 2.74. The zero-order valence-corrected chi connectivity index (χ0v) is 8.28. The first kappa shape index (κ1) is 8.53. The molecule has 1 rings (SSSR count). The summed E-state index contributed by atoms with van der Waals surface area (Å²) < 4.78 is 22.0. The minimum atomic E-state index is -2.80. The Labute approximate surface area is 70.1 Å². The third-order valence-electron chi connectivity index (χ3n) is 1.92. The van der Waals surface area contributed by atoms with Gasteiger partial charge >= 0.3 is 0 Å². The minimum Gasteiger partial charge on any atom is -0.229 e. The third kappa shape index (κ3) is 1.72. The van der Waals surface area contributed by atoms with Crippen molar-refractivity contribution in [2.75, 3.05) is 6.26 Å². The van der Waals surface area contributed by atoms with Gasteiger partial charge in [-0.2, -0.15) is 0 Å². The lowest BCUT2D eigenvalue weighted by atomic mass is 10.4. The van der Waals surface area contributed by atoms with Gasteiger partial charge in [0.15, 0.2) is 9.84 Å². The molecule has 4 heteroatoms. The number of alkyl halides is 1. The van der Waals surface area contributed by atoms with Crippen molar-refractivity contribution in [1.82, 2.24) is 0 Å². The SMILES string of the molecule is CS(=O)(=O)C1CCCC1Br. The molecule has 2 atom stereocenters. The Morgan fingerprint density at radius 1 is 1.40 bits per heavy atom. The molecule has 10 heavy (non-hydrogen) atoms. The molecule has 2 unspecified atom stereocenters. The van der Waals surface area contributed by atoms with Crippen LogP contribution in [0.15, 0.2) is 0 Å². The van der Waals surface area contributed by atoms with Gasteiger partial charge in [0.2, 0.25) is 0 Å². The van der Waals surface area contributed by atoms with Gasteiger partial charge in [-0.3, -0.25) is 0 Å². The fraction of sp³-hybridized carbons (Fsp3) is 1.00. The molecular weight excluding hydrogens is 216 g/mol. The highest BCUT2D eigenvalue weighted by Crippen LogP contribution is 2.30. The lowest BCUT2D eigenvalue weighted by Gasteiger charge is -2.09. The van der Waals surface area contributed by atoms with Gasteiger partial charge in [-0.1, -0.05) is 22.4 Å². The summed E-state index contributed by atoms with van der Waals surface area (Å²) in [5, 5.41) is -0.132. The maximum absolute atomic E-state index is 11.0. The monoisotopic (exact) mass is 226 g/mol. The maximum Gasteiger partial charge on any atom is 0.151 e. The van der Waals surface area contributed by atoms with Crippen LogP contribution in [-0.4, -0.2) is 24.8 Å². The Morgan fingerprint density at radius 2 is 2.00 bits per heavy atom. The van der Waals surface area contributed by atoms with Crippen LogP contribution < -0.4 is 0 Å². The van der Waals surface area contributed by atoms with Crippen LogP contribution >= 0.6 is 15.9 Å². The molecule has 0 aromatic carbocycles. The summed E-state index contributed by atoms with van der Waals surface area (Å²) >= 11 is 3.36. The molecule has 0 aliphatic heterocycles. The van der Waals surface area contributed by atoms with Crippen LogP contribution in [0.4, 0.5) is 0 Å². The largest absolute Gasteiger partial charge is 0.229 e. The highest BCUT2D eigenvalue weighted by molar-refractivity contribution is 9.09. The first-order chi connectivity index (χ1) is 4.52. The highest BCUT2D eigenvalue weighted by Gasteiger charge is 2.32. The molecular formula is C6H11BrO2S. The van der Waals surface area contributed by atoms with Gasteiger partial charge in [0.1, 0.15) is 0 Å². The standard InChI is InChI=1S/C6H11BrO2S/c1-10(8,9)6-4-2-3-5(6)7/h5-6H,2-4H2,1H3. The van der Waals surface area contributed by atoms with E-state index in [1.165, 1.54) is 6.26 Å². The summed E-state index contributed by atoms with van der Waals surface area (Å²) in [7, 11) is -2.80. The molecule has 0 amide bonds. The van der Waals surface area contributed by atoms with E-state index in [1.807, 2.05) is 0 Å². The van der Waals surface area contributed by atoms with Crippen LogP contribution in [0.3, 0.4) is 0 Å². The van der Waals surface area contributed by atoms with Crippen LogP contribution in [-0.2, 0) is 9.84 Å². The van der Waals surface area contributed by atoms with Gasteiger partial charge in [0.25, 0.3) is 0 Å². The van der Waals surface area contributed by atoms with Crippen LogP contribution in [0.2, 0.25) is 0 Å². The van der Waals surface area contributed by atoms with Crippen LogP contribution in [0, 0.1) is 0 Å². The molecule has 0 aromatic heterocycles. The molecule has 0 bridgehead atoms. The molecule has 1 saturated carbocycles. The Kier molecular flexibility index (Phi) is 2.40. The van der Waals surface area contributed by atoms with Gasteiger partial charge in [0.05, 0.1) is 5.25 Å². The fourth-order valence-electron chi connectivity index (χ4n) is 1.36. The van der Waals surface area contributed by atoms with Crippen molar-refractivity contribution >= 4 is 25.8 Å². The van der Waals surface area contributed by atoms with E-state index in [2.05, 4.69) is 15.9 Å². The van der Waals surface area contributed by atoms with Gasteiger partial charge in [0, 0.05) is 11.1 Å². The van der Waals surface area contributed by atoms with E-state index in [0.29, 0.717) is 0 Å². The quantitative estimate of drug-likeness (QED) is 0.633. The van der Waals surface area contributed by atoms with Crippen LogP contribution in [0.25, 0.3) is 0 Å². The molecule has 1 aliphatic carbocycles. The first-order valence-electron chi connectivity index (χ1n) is 3.35. The topological polar surface area (TPSA) is 34.1 Å². The summed E-state index contributed by atoms with van der Waals surface area (Å²) in [5.41, 5.74) is 0. The summed E-state index contributed by atoms with van der Waals surface area (Å²) in [6.45, 7) is 0. The number of halogens is 1. The van der Waals surface area contributed by atoms with Crippen molar-refractivity contribution in [3.8, 4) is 0 Å². The zero-order valence-electron chi connectivity index (χ0n) is 5.88. The molecule has 1 fully saturated rings. The molecule has 0 aromatic rings. The Bertz CT molecular complexity index is 210. The van der Waals surface area contributed by atoms with Crippen molar-refractivity contribution in [1.29, 1.82) is 0 Å². The Hall–Kier alpha value is 0.430. The van der Waals surface area contributed by atoms with Gasteiger partial charge in [-0.15, -0.1) is 0 Å². The third-order valence-corrected chi connectivity index (χ3v) is 5.03. The average molecular weight is 227 g/mol. The average Bonchev–Trinajstić information content (AvgIpc) is 2.11. The Morgan fingerprint density at radius 3 is 2.20 bits per heavy atom. The second-order valence-electron chi connectivity index (χ2n) is 2.81. The number of sulfone groups is 1. The second kappa shape index (κ2) is 2.81. The zero-order chi connectivity index (χ0) is 7.78. The summed E-state index contributed by atoms with van der Waals surface area (Å²) in [6, 6.07) is 0. The van der Waals surface area contributed by atoms with Crippen molar-refractivity contribution in [3.63, 3.8) is 0 Å². The number of hydrogen-bond acceptors (Lipinski definition) is 2. The predicted molar refractivity (Wildman–Crippen MR) is 45.2 cm³/mol. The number of hydrogen-bond donors (Lipinski definition) is 0. The highest BCUT2D eigenvalue weighted by atomic mass is 79.9. The van der Waals surface area contributed by atoms with E-state index in [1.54, 1.807) is 0 Å². The van der Waals surface area contributed by atoms with Gasteiger partial charge in [-0.05, 0) is 12.8 Å². The molecule has 1 aliphatic rings. The molecule has 2 nitrogen and oxygen atoms in total. The normalized spacial score (nSPS) is 34.6. The predicted octanol–water partition coefficient (Wildman–Crippen LogP) is 1.35. The number of rotatable bonds is 1. The maximum atomic E-state index is 11.0. The van der Waals surface area contributed by atoms with E-state index in [9.17, 15) is 8.42 Å². The van der Waals surface area contributed by atoms with Crippen LogP contribution in [0.1, 0.15) is 19.3 Å². The van der Waals surface area contributed by atoms with Gasteiger partial charge in [-0.25, -0.2) is 8.42 Å². The van der Waals surface area contributed by atoms with E-state index in [-0.39, 0.29) is 10.1 Å². The fourth-order valence-corrected chi connectivity index (χ4v) is 4.39. The van der Waals surface area contributed by atoms with E-state index >= 15 is 0 Å². The smallest absolute Gasteiger partial charge is 0.151 e. The second-order valence-corrected chi connectivity index (χ2v) is 6.26. The van der Waals surface area contributed by atoms with Crippen molar-refractivity contribution < 1.29 is 8.42 Å². The first-order valence-corrected chi connectivity index (χ1v) is 6.22. The summed E-state index contributed by atoms with van der Waals surface area (Å²) in [6.07, 6.45) is 4.18. The van der Waals surface area contributed by atoms with E-state index in [0.717, 1.165) is 19.3 Å². The molecule has 0 N–H and O–H groups in total.